The Balaban J connectivity index is 4.22. The second-order valence-electron chi connectivity index (χ2n) is 3.51. The maximum absolute atomic E-state index is 11.5. The summed E-state index contributed by atoms with van der Waals surface area (Å²) in [6.07, 6.45) is 1.66. The fourth-order valence-electron chi connectivity index (χ4n) is 1.03. The van der Waals surface area contributed by atoms with Crippen molar-refractivity contribution < 1.29 is 14.7 Å². The maximum Gasteiger partial charge on any atom is 0.323 e. The van der Waals surface area contributed by atoms with E-state index in [4.69, 9.17) is 5.11 Å². The highest BCUT2D eigenvalue weighted by atomic mass is 16.4. The van der Waals surface area contributed by atoms with Crippen LogP contribution < -0.4 is 0 Å². The van der Waals surface area contributed by atoms with E-state index in [2.05, 4.69) is 6.58 Å². The Morgan fingerprint density at radius 1 is 1.33 bits per heavy atom. The molecule has 0 atom stereocenters. The van der Waals surface area contributed by atoms with Crippen LogP contribution in [0.15, 0.2) is 12.7 Å². The van der Waals surface area contributed by atoms with Gasteiger partial charge in [-0.05, 0) is 14.1 Å². The molecule has 0 aromatic heterocycles. The van der Waals surface area contributed by atoms with Crippen molar-refractivity contribution in [2.75, 3.05) is 33.7 Å². The molecule has 0 aromatic carbocycles. The van der Waals surface area contributed by atoms with Crippen molar-refractivity contribution in [1.29, 1.82) is 0 Å². The number of hydrogen-bond acceptors (Lipinski definition) is 3. The minimum atomic E-state index is -0.994. The number of aliphatic carboxylic acids is 1. The lowest BCUT2D eigenvalue weighted by Gasteiger charge is -2.22. The molecule has 0 aliphatic rings. The molecule has 1 N–H and O–H groups in total. The Morgan fingerprint density at radius 2 is 1.93 bits per heavy atom. The first kappa shape index (κ1) is 13.6. The molecule has 0 bridgehead atoms. The van der Waals surface area contributed by atoms with E-state index >= 15 is 0 Å². The lowest BCUT2D eigenvalue weighted by molar-refractivity contribution is -0.144. The number of amides is 1. The minimum Gasteiger partial charge on any atom is -0.480 e. The Morgan fingerprint density at radius 3 is 2.33 bits per heavy atom. The molecule has 0 aliphatic carbocycles. The SMILES string of the molecule is C=CCC(=O)N(CCN(C)C)CC(=O)O. The van der Waals surface area contributed by atoms with E-state index in [0.717, 1.165) is 0 Å². The van der Waals surface area contributed by atoms with E-state index in [1.54, 1.807) is 0 Å². The van der Waals surface area contributed by atoms with Crippen molar-refractivity contribution in [3.8, 4) is 0 Å². The van der Waals surface area contributed by atoms with Crippen LogP contribution in [0.5, 0.6) is 0 Å². The monoisotopic (exact) mass is 214 g/mol. The molecule has 15 heavy (non-hydrogen) atoms. The molecule has 0 saturated carbocycles. The van der Waals surface area contributed by atoms with E-state index in [-0.39, 0.29) is 18.9 Å². The van der Waals surface area contributed by atoms with E-state index in [9.17, 15) is 9.59 Å². The quantitative estimate of drug-likeness (QED) is 0.608. The Labute approximate surface area is 90.0 Å². The van der Waals surface area contributed by atoms with Gasteiger partial charge < -0.3 is 14.9 Å². The van der Waals surface area contributed by atoms with E-state index < -0.39 is 5.97 Å². The van der Waals surface area contributed by atoms with Crippen LogP contribution in [0, 0.1) is 0 Å². The molecule has 0 fully saturated rings. The summed E-state index contributed by atoms with van der Waals surface area (Å²) in [4.78, 5) is 25.2. The average Bonchev–Trinajstić information content (AvgIpc) is 2.11. The molecule has 5 heteroatoms. The third-order valence-corrected chi connectivity index (χ3v) is 1.81. The van der Waals surface area contributed by atoms with Gasteiger partial charge in [-0.15, -0.1) is 6.58 Å². The fraction of sp³-hybridized carbons (Fsp3) is 0.600. The van der Waals surface area contributed by atoms with Crippen molar-refractivity contribution in [3.63, 3.8) is 0 Å². The van der Waals surface area contributed by atoms with Gasteiger partial charge >= 0.3 is 5.97 Å². The first-order valence-electron chi connectivity index (χ1n) is 4.72. The van der Waals surface area contributed by atoms with Crippen LogP contribution >= 0.6 is 0 Å². The molecule has 1 amide bonds. The summed E-state index contributed by atoms with van der Waals surface area (Å²) in [7, 11) is 3.74. The number of rotatable bonds is 7. The normalized spacial score (nSPS) is 10.1. The number of carboxylic acids is 1. The van der Waals surface area contributed by atoms with Gasteiger partial charge in [0.2, 0.25) is 5.91 Å². The molecule has 0 rings (SSSR count). The third-order valence-electron chi connectivity index (χ3n) is 1.81. The average molecular weight is 214 g/mol. The van der Waals surface area contributed by atoms with Gasteiger partial charge in [0.25, 0.3) is 0 Å². The van der Waals surface area contributed by atoms with Crippen LogP contribution in [0.2, 0.25) is 0 Å². The van der Waals surface area contributed by atoms with Crippen molar-refractivity contribution in [3.05, 3.63) is 12.7 Å². The third kappa shape index (κ3) is 6.68. The Kier molecular flexibility index (Phi) is 6.37. The van der Waals surface area contributed by atoms with Crippen molar-refractivity contribution in [2.45, 2.75) is 6.42 Å². The summed E-state index contributed by atoms with van der Waals surface area (Å²) in [6, 6.07) is 0. The van der Waals surface area contributed by atoms with Gasteiger partial charge in [-0.2, -0.15) is 0 Å². The van der Waals surface area contributed by atoms with Gasteiger partial charge in [-0.1, -0.05) is 6.08 Å². The first-order chi connectivity index (χ1) is 6.97. The van der Waals surface area contributed by atoms with E-state index in [1.807, 2.05) is 19.0 Å². The fourth-order valence-corrected chi connectivity index (χ4v) is 1.03. The molecule has 0 aromatic rings. The molecular weight excluding hydrogens is 196 g/mol. The zero-order valence-corrected chi connectivity index (χ0v) is 9.27. The molecule has 5 nitrogen and oxygen atoms in total. The minimum absolute atomic E-state index is 0.181. The van der Waals surface area contributed by atoms with E-state index in [1.165, 1.54) is 11.0 Å². The lowest BCUT2D eigenvalue weighted by atomic mass is 10.3. The van der Waals surface area contributed by atoms with Crippen molar-refractivity contribution in [1.82, 2.24) is 9.80 Å². The number of carbonyl (C=O) groups is 2. The smallest absolute Gasteiger partial charge is 0.323 e. The molecule has 0 aliphatic heterocycles. The molecule has 0 spiro atoms. The predicted octanol–water partition coefficient (Wildman–Crippen LogP) is 0.0373. The van der Waals surface area contributed by atoms with Crippen LogP contribution in [0.1, 0.15) is 6.42 Å². The summed E-state index contributed by atoms with van der Waals surface area (Å²) in [5.74, 6) is -1.19. The van der Waals surface area contributed by atoms with Gasteiger partial charge in [-0.3, -0.25) is 9.59 Å². The summed E-state index contributed by atoms with van der Waals surface area (Å²) >= 11 is 0. The first-order valence-corrected chi connectivity index (χ1v) is 4.72. The number of hydrogen-bond donors (Lipinski definition) is 1. The molecule has 0 unspecified atom stereocenters. The molecule has 0 saturated heterocycles. The zero-order valence-electron chi connectivity index (χ0n) is 9.27. The highest BCUT2D eigenvalue weighted by Crippen LogP contribution is 1.95. The standard InChI is InChI=1S/C10H18N2O3/c1-4-5-9(13)12(8-10(14)15)7-6-11(2)3/h4H,1,5-8H2,2-3H3,(H,14,15). The number of nitrogens with zero attached hydrogens (tertiary/aromatic N) is 2. The van der Waals surface area contributed by atoms with Crippen LogP contribution in [0.4, 0.5) is 0 Å². The number of carboxylic acid groups (broad SMARTS) is 1. The maximum atomic E-state index is 11.5. The summed E-state index contributed by atoms with van der Waals surface area (Å²) in [6.45, 7) is 4.27. The number of carbonyl (C=O) groups excluding carboxylic acids is 1. The Bertz CT molecular complexity index is 239. The van der Waals surface area contributed by atoms with Gasteiger partial charge in [0, 0.05) is 19.5 Å². The second kappa shape index (κ2) is 7.00. The van der Waals surface area contributed by atoms with Crippen LogP contribution in [-0.2, 0) is 9.59 Å². The number of likely N-dealkylation sites (N-methyl/N-ethyl adjacent to an activating group) is 1. The predicted molar refractivity (Wildman–Crippen MR) is 57.6 cm³/mol. The summed E-state index contributed by atoms with van der Waals surface area (Å²) < 4.78 is 0. The van der Waals surface area contributed by atoms with Gasteiger partial charge in [-0.25, -0.2) is 0 Å². The van der Waals surface area contributed by atoms with Gasteiger partial charge in [0.15, 0.2) is 0 Å². The largest absolute Gasteiger partial charge is 0.480 e. The molecule has 0 radical (unpaired) electrons. The van der Waals surface area contributed by atoms with Gasteiger partial charge in [0.1, 0.15) is 6.54 Å². The topological polar surface area (TPSA) is 60.9 Å². The van der Waals surface area contributed by atoms with Crippen LogP contribution in [0.3, 0.4) is 0 Å². The zero-order chi connectivity index (χ0) is 11.8. The van der Waals surface area contributed by atoms with Gasteiger partial charge in [0.05, 0.1) is 0 Å². The lowest BCUT2D eigenvalue weighted by Crippen LogP contribution is -2.39. The van der Waals surface area contributed by atoms with Crippen LogP contribution in [0.25, 0.3) is 0 Å². The van der Waals surface area contributed by atoms with Crippen LogP contribution in [-0.4, -0.2) is 60.5 Å². The Hall–Kier alpha value is -1.36. The summed E-state index contributed by atoms with van der Waals surface area (Å²) in [5.41, 5.74) is 0. The molecular formula is C10H18N2O3. The molecule has 0 heterocycles. The van der Waals surface area contributed by atoms with E-state index in [0.29, 0.717) is 13.1 Å². The van der Waals surface area contributed by atoms with Crippen molar-refractivity contribution >= 4 is 11.9 Å². The summed E-state index contributed by atoms with van der Waals surface area (Å²) in [5, 5.41) is 8.63. The van der Waals surface area contributed by atoms with Crippen molar-refractivity contribution in [2.24, 2.45) is 0 Å². The second-order valence-corrected chi connectivity index (χ2v) is 3.51. The molecule has 86 valence electrons. The highest BCUT2D eigenvalue weighted by Gasteiger charge is 2.14. The highest BCUT2D eigenvalue weighted by molar-refractivity contribution is 5.82.